The molecule has 9 nitrogen and oxygen atoms in total. The Hall–Kier alpha value is -2.32. The fourth-order valence-electron chi connectivity index (χ4n) is 1.44. The fraction of sp³-hybridized carbons (Fsp3) is 0.750. The van der Waals surface area contributed by atoms with Crippen molar-refractivity contribution in [3.05, 3.63) is 0 Å². The minimum absolute atomic E-state index is 0.706. The third-order valence-corrected chi connectivity index (χ3v) is 2.50. The summed E-state index contributed by atoms with van der Waals surface area (Å²) in [4.78, 5) is 47.1. The minimum atomic E-state index is -0.993. The van der Waals surface area contributed by atoms with Crippen LogP contribution in [0.5, 0.6) is 0 Å². The second-order valence-electron chi connectivity index (χ2n) is 7.59. The molecular formula is C16H29N3O6. The van der Waals surface area contributed by atoms with Crippen LogP contribution in [-0.4, -0.2) is 47.3 Å². The lowest BCUT2D eigenvalue weighted by atomic mass is 10.2. The highest BCUT2D eigenvalue weighted by Crippen LogP contribution is 2.07. The summed E-state index contributed by atoms with van der Waals surface area (Å²) in [5.74, 6) is -1.46. The Balaban J connectivity index is 4.46. The van der Waals surface area contributed by atoms with E-state index in [4.69, 9.17) is 9.47 Å². The van der Waals surface area contributed by atoms with Crippen LogP contribution < -0.4 is 16.0 Å². The van der Waals surface area contributed by atoms with E-state index in [9.17, 15) is 19.2 Å². The van der Waals surface area contributed by atoms with Crippen LogP contribution in [-0.2, 0) is 19.1 Å². The summed E-state index contributed by atoms with van der Waals surface area (Å²) in [6, 6.07) is -1.99. The predicted molar refractivity (Wildman–Crippen MR) is 90.8 cm³/mol. The number of rotatable bonds is 4. The van der Waals surface area contributed by atoms with E-state index in [0.717, 1.165) is 0 Å². The number of nitrogens with one attached hydrogen (secondary N) is 3. The molecule has 0 aliphatic rings. The van der Waals surface area contributed by atoms with Crippen molar-refractivity contribution >= 4 is 24.0 Å². The summed E-state index contributed by atoms with van der Waals surface area (Å²) >= 11 is 0. The van der Waals surface area contributed by atoms with Gasteiger partial charge < -0.3 is 20.1 Å². The molecule has 25 heavy (non-hydrogen) atoms. The lowest BCUT2D eigenvalue weighted by Crippen LogP contribution is -2.53. The van der Waals surface area contributed by atoms with Gasteiger partial charge in [-0.05, 0) is 55.4 Å². The lowest BCUT2D eigenvalue weighted by Gasteiger charge is -2.22. The van der Waals surface area contributed by atoms with Gasteiger partial charge in [-0.1, -0.05) is 0 Å². The molecule has 0 unspecified atom stereocenters. The standard InChI is InChI=1S/C16H29N3O6/c1-9(17-13(22)24-15(3,4)5)11(20)19-12(21)10(2)18-14(23)25-16(6,7)8/h9-10H,1-8H3,(H,17,22)(H,18,23)(H,19,20,21)/t9-,10-/m0/s1. The molecule has 144 valence electrons. The number of hydrogen-bond acceptors (Lipinski definition) is 6. The fourth-order valence-corrected chi connectivity index (χ4v) is 1.44. The first-order chi connectivity index (χ1) is 11.1. The van der Waals surface area contributed by atoms with E-state index in [1.54, 1.807) is 41.5 Å². The molecule has 2 atom stereocenters. The molecule has 0 rings (SSSR count). The monoisotopic (exact) mass is 359 g/mol. The van der Waals surface area contributed by atoms with Crippen molar-refractivity contribution in [1.29, 1.82) is 0 Å². The zero-order valence-electron chi connectivity index (χ0n) is 16.1. The molecule has 0 bridgehead atoms. The van der Waals surface area contributed by atoms with Crippen molar-refractivity contribution < 1.29 is 28.7 Å². The Kier molecular flexibility index (Phi) is 7.88. The van der Waals surface area contributed by atoms with Crippen molar-refractivity contribution in [2.24, 2.45) is 0 Å². The molecule has 0 aliphatic carbocycles. The molecule has 0 heterocycles. The third-order valence-electron chi connectivity index (χ3n) is 2.50. The normalized spacial score (nSPS) is 13.9. The van der Waals surface area contributed by atoms with E-state index in [1.807, 2.05) is 0 Å². The van der Waals surface area contributed by atoms with Gasteiger partial charge in [0.15, 0.2) is 0 Å². The molecule has 0 saturated carbocycles. The zero-order chi connectivity index (χ0) is 20.0. The van der Waals surface area contributed by atoms with Crippen molar-refractivity contribution in [2.75, 3.05) is 0 Å². The van der Waals surface area contributed by atoms with Gasteiger partial charge in [-0.2, -0.15) is 0 Å². The number of alkyl carbamates (subject to hydrolysis) is 2. The van der Waals surface area contributed by atoms with E-state index in [2.05, 4.69) is 16.0 Å². The first-order valence-corrected chi connectivity index (χ1v) is 7.94. The highest BCUT2D eigenvalue weighted by atomic mass is 16.6. The maximum absolute atomic E-state index is 11.9. The number of carbonyl (C=O) groups excluding carboxylic acids is 4. The van der Waals surface area contributed by atoms with E-state index >= 15 is 0 Å². The van der Waals surface area contributed by atoms with Gasteiger partial charge >= 0.3 is 12.2 Å². The molecule has 0 aliphatic heterocycles. The molecule has 4 amide bonds. The average molecular weight is 359 g/mol. The van der Waals surface area contributed by atoms with E-state index in [0.29, 0.717) is 0 Å². The Morgan fingerprint density at radius 1 is 0.680 bits per heavy atom. The van der Waals surface area contributed by atoms with Crippen molar-refractivity contribution in [2.45, 2.75) is 78.7 Å². The minimum Gasteiger partial charge on any atom is -0.444 e. The summed E-state index contributed by atoms with van der Waals surface area (Å²) in [5.41, 5.74) is -1.41. The molecule has 0 aromatic rings. The van der Waals surface area contributed by atoms with Crippen LogP contribution in [0.4, 0.5) is 9.59 Å². The summed E-state index contributed by atoms with van der Waals surface area (Å²) in [6.45, 7) is 12.9. The highest BCUT2D eigenvalue weighted by molar-refractivity contribution is 6.01. The van der Waals surface area contributed by atoms with Crippen LogP contribution in [0.1, 0.15) is 55.4 Å². The second kappa shape index (κ2) is 8.68. The van der Waals surface area contributed by atoms with Gasteiger partial charge in [0.2, 0.25) is 11.8 Å². The van der Waals surface area contributed by atoms with Crippen LogP contribution in [0.25, 0.3) is 0 Å². The quantitative estimate of drug-likeness (QED) is 0.698. The van der Waals surface area contributed by atoms with Gasteiger partial charge in [0.05, 0.1) is 0 Å². The van der Waals surface area contributed by atoms with Crippen LogP contribution in [0.15, 0.2) is 0 Å². The van der Waals surface area contributed by atoms with Gasteiger partial charge in [0.25, 0.3) is 0 Å². The van der Waals surface area contributed by atoms with Gasteiger partial charge in [-0.3, -0.25) is 14.9 Å². The van der Waals surface area contributed by atoms with Crippen molar-refractivity contribution in [3.63, 3.8) is 0 Å². The van der Waals surface area contributed by atoms with Crippen molar-refractivity contribution in [1.82, 2.24) is 16.0 Å². The van der Waals surface area contributed by atoms with Gasteiger partial charge in [-0.15, -0.1) is 0 Å². The van der Waals surface area contributed by atoms with Crippen LogP contribution in [0.2, 0.25) is 0 Å². The molecule has 0 radical (unpaired) electrons. The first kappa shape index (κ1) is 22.7. The largest absolute Gasteiger partial charge is 0.444 e. The SMILES string of the molecule is C[C@H](NC(=O)OC(C)(C)C)C(=O)NC(=O)[C@H](C)NC(=O)OC(C)(C)C. The molecule has 0 aromatic carbocycles. The molecule has 9 heteroatoms. The Morgan fingerprint density at radius 3 is 1.20 bits per heavy atom. The molecular weight excluding hydrogens is 330 g/mol. The summed E-state index contributed by atoms with van der Waals surface area (Å²) < 4.78 is 10.0. The van der Waals surface area contributed by atoms with Crippen LogP contribution in [0.3, 0.4) is 0 Å². The van der Waals surface area contributed by atoms with Crippen molar-refractivity contribution in [3.8, 4) is 0 Å². The molecule has 0 saturated heterocycles. The number of ether oxygens (including phenoxy) is 2. The van der Waals surface area contributed by atoms with Gasteiger partial charge in [0, 0.05) is 0 Å². The van der Waals surface area contributed by atoms with E-state index < -0.39 is 47.3 Å². The third kappa shape index (κ3) is 11.0. The molecule has 0 spiro atoms. The first-order valence-electron chi connectivity index (χ1n) is 7.94. The Morgan fingerprint density at radius 2 is 0.960 bits per heavy atom. The predicted octanol–water partition coefficient (Wildman–Crippen LogP) is 1.46. The summed E-state index contributed by atoms with van der Waals surface area (Å²) in [6.07, 6.45) is -1.55. The van der Waals surface area contributed by atoms with Crippen LogP contribution in [0, 0.1) is 0 Å². The van der Waals surface area contributed by atoms with E-state index in [-0.39, 0.29) is 0 Å². The number of imide groups is 1. The Labute approximate surface area is 148 Å². The summed E-state index contributed by atoms with van der Waals surface area (Å²) in [5, 5.41) is 6.73. The zero-order valence-corrected chi connectivity index (χ0v) is 16.1. The summed E-state index contributed by atoms with van der Waals surface area (Å²) in [7, 11) is 0. The lowest BCUT2D eigenvalue weighted by molar-refractivity contribution is -0.132. The maximum atomic E-state index is 11.9. The number of carbonyl (C=O) groups is 4. The second-order valence-corrected chi connectivity index (χ2v) is 7.59. The smallest absolute Gasteiger partial charge is 0.408 e. The topological polar surface area (TPSA) is 123 Å². The van der Waals surface area contributed by atoms with E-state index in [1.165, 1.54) is 13.8 Å². The maximum Gasteiger partial charge on any atom is 0.408 e. The number of amides is 4. The molecule has 0 aromatic heterocycles. The highest BCUT2D eigenvalue weighted by Gasteiger charge is 2.25. The Bertz CT molecular complexity index is 473. The van der Waals surface area contributed by atoms with Crippen LogP contribution >= 0.6 is 0 Å². The molecule has 0 fully saturated rings. The average Bonchev–Trinajstić information content (AvgIpc) is 2.33. The van der Waals surface area contributed by atoms with Gasteiger partial charge in [-0.25, -0.2) is 9.59 Å². The van der Waals surface area contributed by atoms with Gasteiger partial charge in [0.1, 0.15) is 23.3 Å². The molecule has 3 N–H and O–H groups in total. The number of hydrogen-bond donors (Lipinski definition) is 3.